The van der Waals surface area contributed by atoms with Crippen LogP contribution in [0.3, 0.4) is 0 Å². The molecule has 2 fully saturated rings. The normalized spacial score (nSPS) is 28.1. The maximum absolute atomic E-state index is 14.7. The number of amides is 6. The molecule has 6 amide bonds. The van der Waals surface area contributed by atoms with E-state index < -0.39 is 75.6 Å². The van der Waals surface area contributed by atoms with Crippen LogP contribution in [0.25, 0.3) is 5.69 Å². The number of halogens is 1. The number of carboxylic acid groups (broad SMARTS) is 2. The van der Waals surface area contributed by atoms with Crippen LogP contribution >= 0.6 is 0 Å². The number of benzene rings is 3. The summed E-state index contributed by atoms with van der Waals surface area (Å²) in [4.78, 5) is 83.5. The lowest BCUT2D eigenvalue weighted by molar-refractivity contribution is -0.143. The van der Waals surface area contributed by atoms with E-state index in [4.69, 9.17) is 11.5 Å². The molecule has 4 unspecified atom stereocenters. The Balaban J connectivity index is 1.33. The number of rotatable bonds is 11. The Bertz CT molecular complexity index is 2330. The topological polar surface area (TPSA) is 230 Å². The number of carbonyl (C=O) groups excluding carboxylic acids is 4. The number of likely N-dealkylation sites (tertiary alicyclic amines) is 2. The van der Waals surface area contributed by atoms with Crippen LogP contribution in [0.1, 0.15) is 98.1 Å². The van der Waals surface area contributed by atoms with E-state index in [1.807, 2.05) is 38.6 Å². The SMILES string of the molecule is CC1(CC(N)=O)c2cccc(c2)[C@]1(C(=O)NC(=O)O)N1CCCC1c1ccc(C2CCCN2[C@@]2(C(=O)NC(=O)O)c3cccc(c3)C2(C)CC(N)=O)n1-c1ccc(F)cc1. The molecule has 0 spiro atoms. The van der Waals surface area contributed by atoms with Gasteiger partial charge in [0.2, 0.25) is 11.8 Å². The number of aromatic nitrogens is 1. The molecule has 15 nitrogen and oxygen atoms in total. The number of nitrogens with two attached hydrogens (primary N) is 2. The fraction of sp³-hybridized carbons (Fsp3) is 0.364. The second kappa shape index (κ2) is 14.4. The first-order valence-electron chi connectivity index (χ1n) is 19.9. The lowest BCUT2D eigenvalue weighted by atomic mass is 9.65. The van der Waals surface area contributed by atoms with Crippen molar-refractivity contribution < 1.29 is 43.4 Å². The van der Waals surface area contributed by atoms with E-state index in [1.165, 1.54) is 12.1 Å². The van der Waals surface area contributed by atoms with Crippen molar-refractivity contribution in [1.29, 1.82) is 0 Å². The summed E-state index contributed by atoms with van der Waals surface area (Å²) in [5.41, 5.74) is 9.89. The molecule has 2 aliphatic heterocycles. The van der Waals surface area contributed by atoms with Gasteiger partial charge in [0, 0.05) is 53.8 Å². The molecule has 1 aromatic heterocycles. The van der Waals surface area contributed by atoms with Crippen molar-refractivity contribution in [2.75, 3.05) is 13.1 Å². The Morgan fingerprint density at radius 3 is 1.43 bits per heavy atom. The van der Waals surface area contributed by atoms with Gasteiger partial charge in [0.05, 0.1) is 12.1 Å². The summed E-state index contributed by atoms with van der Waals surface area (Å²) in [6.07, 6.45) is -1.52. The molecule has 3 aromatic carbocycles. The molecule has 6 atom stereocenters. The number of fused-ring (bicyclic) bond motifs is 4. The molecule has 4 bridgehead atoms. The van der Waals surface area contributed by atoms with E-state index in [1.54, 1.807) is 62.4 Å². The third-order valence-corrected chi connectivity index (χ3v) is 13.7. The van der Waals surface area contributed by atoms with Gasteiger partial charge in [-0.1, -0.05) is 62.4 Å². The molecule has 3 heterocycles. The van der Waals surface area contributed by atoms with Gasteiger partial charge >= 0.3 is 12.2 Å². The summed E-state index contributed by atoms with van der Waals surface area (Å²) in [6, 6.07) is 22.7. The van der Waals surface area contributed by atoms with E-state index in [9.17, 15) is 43.4 Å². The first-order valence-corrected chi connectivity index (χ1v) is 19.9. The van der Waals surface area contributed by atoms with Crippen LogP contribution in [-0.2, 0) is 41.1 Å². The van der Waals surface area contributed by atoms with Crippen LogP contribution in [0.15, 0.2) is 84.9 Å². The highest BCUT2D eigenvalue weighted by Gasteiger charge is 2.67. The van der Waals surface area contributed by atoms with Crippen LogP contribution in [0.5, 0.6) is 0 Å². The van der Waals surface area contributed by atoms with Crippen molar-refractivity contribution in [3.8, 4) is 5.69 Å². The average molecular weight is 820 g/mol. The lowest BCUT2D eigenvalue weighted by Crippen LogP contribution is -2.65. The molecule has 312 valence electrons. The zero-order chi connectivity index (χ0) is 42.9. The highest BCUT2D eigenvalue weighted by Crippen LogP contribution is 2.60. The Hall–Kier alpha value is -6.39. The number of primary amides is 2. The number of nitrogens with one attached hydrogen (secondary N) is 2. The molecule has 8 N–H and O–H groups in total. The Labute approximate surface area is 344 Å². The van der Waals surface area contributed by atoms with E-state index >= 15 is 0 Å². The summed E-state index contributed by atoms with van der Waals surface area (Å²) >= 11 is 0. The zero-order valence-corrected chi connectivity index (χ0v) is 33.1. The highest BCUT2D eigenvalue weighted by molar-refractivity contribution is 6.01. The van der Waals surface area contributed by atoms with Crippen molar-refractivity contribution in [3.05, 3.63) is 124 Å². The minimum atomic E-state index is -1.72. The summed E-state index contributed by atoms with van der Waals surface area (Å²) in [6.45, 7) is 4.14. The van der Waals surface area contributed by atoms with Crippen molar-refractivity contribution >= 4 is 35.8 Å². The second-order valence-corrected chi connectivity index (χ2v) is 16.7. The van der Waals surface area contributed by atoms with Gasteiger partial charge in [-0.15, -0.1) is 0 Å². The first kappa shape index (κ1) is 40.4. The summed E-state index contributed by atoms with van der Waals surface area (Å²) in [7, 11) is 0. The maximum atomic E-state index is 14.7. The van der Waals surface area contributed by atoms with Crippen molar-refractivity contribution in [3.63, 3.8) is 0 Å². The van der Waals surface area contributed by atoms with E-state index in [-0.39, 0.29) is 12.8 Å². The van der Waals surface area contributed by atoms with Crippen molar-refractivity contribution in [2.24, 2.45) is 11.5 Å². The summed E-state index contributed by atoms with van der Waals surface area (Å²) < 4.78 is 16.6. The molecular formula is C44H46FN7O8. The Morgan fingerprint density at radius 2 is 1.05 bits per heavy atom. The maximum Gasteiger partial charge on any atom is 0.411 e. The molecule has 2 aliphatic carbocycles. The fourth-order valence-corrected chi connectivity index (χ4v) is 11.6. The van der Waals surface area contributed by atoms with Crippen LogP contribution in [-0.4, -0.2) is 73.5 Å². The number of imide groups is 2. The van der Waals surface area contributed by atoms with Gasteiger partial charge < -0.3 is 26.2 Å². The minimum absolute atomic E-state index is 0.274. The standard InChI is InChI=1S/C44H46FN7O8/c1-41(23-35(46)53)25-7-3-9-27(21-25)43(41,37(55)48-39(57)58)50-19-5-11-31(50)33-17-18-34(52(33)30-15-13-29(45)14-16-30)32-12-6-20-51(32)44(38(56)49-40(59)60)28-10-4-8-26(22-28)42(44,2)24-36(47)54/h3-4,7-10,13-18,21-22,31-32H,5-6,11-12,19-20,23-24H2,1-2H3,(H2,46,53)(H2,47,54)(H,48,55)(H,49,56)(H,57,58)(H,59,60)/t31?,32?,41?,42?,43-,44-/m1/s1. The van der Waals surface area contributed by atoms with Crippen LogP contribution in [0.2, 0.25) is 0 Å². The van der Waals surface area contributed by atoms with Crippen molar-refractivity contribution in [1.82, 2.24) is 25.0 Å². The number of hydrogen-bond acceptors (Lipinski definition) is 8. The fourth-order valence-electron chi connectivity index (χ4n) is 11.6. The van der Waals surface area contributed by atoms with Gasteiger partial charge in [-0.3, -0.25) is 39.6 Å². The lowest BCUT2D eigenvalue weighted by Gasteiger charge is -2.51. The van der Waals surface area contributed by atoms with Crippen LogP contribution < -0.4 is 22.1 Å². The van der Waals surface area contributed by atoms with Gasteiger partial charge in [0.1, 0.15) is 16.9 Å². The summed E-state index contributed by atoms with van der Waals surface area (Å²) in [5.74, 6) is -3.51. The Morgan fingerprint density at radius 1 is 0.650 bits per heavy atom. The van der Waals surface area contributed by atoms with E-state index in [0.29, 0.717) is 78.1 Å². The van der Waals surface area contributed by atoms with E-state index in [2.05, 4.69) is 10.6 Å². The minimum Gasteiger partial charge on any atom is -0.465 e. The van der Waals surface area contributed by atoms with Gasteiger partial charge in [-0.25, -0.2) is 14.0 Å². The smallest absolute Gasteiger partial charge is 0.411 e. The zero-order valence-electron chi connectivity index (χ0n) is 33.1. The molecule has 4 aromatic rings. The molecule has 0 saturated carbocycles. The molecule has 8 rings (SSSR count). The summed E-state index contributed by atoms with van der Waals surface area (Å²) in [5, 5.41) is 24.1. The number of carbonyl (C=O) groups is 6. The predicted octanol–water partition coefficient (Wildman–Crippen LogP) is 4.56. The monoisotopic (exact) mass is 819 g/mol. The third kappa shape index (κ3) is 5.68. The molecular weight excluding hydrogens is 774 g/mol. The largest absolute Gasteiger partial charge is 0.465 e. The van der Waals surface area contributed by atoms with E-state index in [0.717, 1.165) is 0 Å². The molecule has 4 aliphatic rings. The molecule has 60 heavy (non-hydrogen) atoms. The molecule has 2 saturated heterocycles. The third-order valence-electron chi connectivity index (χ3n) is 13.7. The molecule has 16 heteroatoms. The van der Waals surface area contributed by atoms with Crippen molar-refractivity contribution in [2.45, 2.75) is 86.4 Å². The first-order chi connectivity index (χ1) is 28.5. The van der Waals surface area contributed by atoms with Crippen LogP contribution in [0.4, 0.5) is 14.0 Å². The van der Waals surface area contributed by atoms with Gasteiger partial charge in [-0.05, 0) is 84.3 Å². The molecule has 0 radical (unpaired) electrons. The number of nitrogens with zero attached hydrogens (tertiary/aromatic N) is 3. The second-order valence-electron chi connectivity index (χ2n) is 16.7. The average Bonchev–Trinajstić information content (AvgIpc) is 3.99. The quantitative estimate of drug-likeness (QED) is 0.124. The van der Waals surface area contributed by atoms with Crippen LogP contribution in [0, 0.1) is 5.82 Å². The highest BCUT2D eigenvalue weighted by atomic mass is 19.1. The van der Waals surface area contributed by atoms with Gasteiger partial charge in [0.15, 0.2) is 0 Å². The van der Waals surface area contributed by atoms with Gasteiger partial charge in [0.25, 0.3) is 11.8 Å². The Kier molecular flexibility index (Phi) is 9.70. The van der Waals surface area contributed by atoms with Gasteiger partial charge in [-0.2, -0.15) is 0 Å². The number of hydrogen-bond donors (Lipinski definition) is 6. The predicted molar refractivity (Wildman–Crippen MR) is 214 cm³/mol.